The third-order valence-corrected chi connectivity index (χ3v) is 8.48. The summed E-state index contributed by atoms with van der Waals surface area (Å²) < 4.78 is 12.8. The number of rotatable bonds is 4. The first-order valence-electron chi connectivity index (χ1n) is 13.2. The minimum atomic E-state index is -0.356. The van der Waals surface area contributed by atoms with Gasteiger partial charge in [-0.1, -0.05) is 97.3 Å². The molecule has 2 nitrogen and oxygen atoms in total. The zero-order valence-electron chi connectivity index (χ0n) is 24.4. The first-order chi connectivity index (χ1) is 16.6. The van der Waals surface area contributed by atoms with E-state index in [1.54, 1.807) is 0 Å². The van der Waals surface area contributed by atoms with Crippen molar-refractivity contribution in [2.45, 2.75) is 94.3 Å². The van der Waals surface area contributed by atoms with Gasteiger partial charge in [-0.05, 0) is 88.5 Å². The molecule has 4 heteroatoms. The zero-order valence-corrected chi connectivity index (χ0v) is 24.4. The van der Waals surface area contributed by atoms with Gasteiger partial charge in [0.2, 0.25) is 6.71 Å². The Hall–Kier alpha value is -2.29. The highest BCUT2D eigenvalue weighted by Gasteiger charge is 2.52. The summed E-state index contributed by atoms with van der Waals surface area (Å²) in [6, 6.07) is 13.9. The Morgan fingerprint density at radius 1 is 0.500 bits per heavy atom. The largest absolute Gasteiger partial charge is 0.494 e. The van der Waals surface area contributed by atoms with Crippen LogP contribution in [0.1, 0.15) is 72.2 Å². The Bertz CT molecular complexity index is 1190. The summed E-state index contributed by atoms with van der Waals surface area (Å²) in [5.74, 6) is 0. The molecular formula is C32H42B2O2. The number of hydrogen-bond acceptors (Lipinski definition) is 2. The van der Waals surface area contributed by atoms with Crippen molar-refractivity contribution in [2.75, 3.05) is 0 Å². The lowest BCUT2D eigenvalue weighted by molar-refractivity contribution is 0.00578. The van der Waals surface area contributed by atoms with Crippen LogP contribution in [0.4, 0.5) is 0 Å². The number of benzene rings is 3. The molecule has 1 saturated heterocycles. The Labute approximate surface area is 220 Å². The van der Waals surface area contributed by atoms with Gasteiger partial charge in [0.15, 0.2) is 0 Å². The standard InChI is InChI=1S/C32H42B2O2/c1-19-13-21(3)28(22(4)14-19)33(29-23(5)15-20(2)16-24(29)6)30-25(7)17-27(18-26(30)8)34-35-31(9,10)32(11,12)36-34/h13-18H,1-12H3. The van der Waals surface area contributed by atoms with Crippen LogP contribution in [0.5, 0.6) is 0 Å². The molecule has 0 aliphatic carbocycles. The molecule has 1 fully saturated rings. The van der Waals surface area contributed by atoms with Crippen LogP contribution in [0.2, 0.25) is 0 Å². The maximum Gasteiger partial charge on any atom is 0.494 e. The van der Waals surface area contributed by atoms with Crippen molar-refractivity contribution in [1.29, 1.82) is 0 Å². The first-order valence-corrected chi connectivity index (χ1v) is 13.2. The molecule has 0 N–H and O–H groups in total. The fourth-order valence-electron chi connectivity index (χ4n) is 6.30. The molecule has 188 valence electrons. The van der Waals surface area contributed by atoms with E-state index in [1.807, 2.05) is 0 Å². The van der Waals surface area contributed by atoms with Gasteiger partial charge in [-0.15, -0.1) is 0 Å². The number of aryl methyl sites for hydroxylation is 8. The molecule has 36 heavy (non-hydrogen) atoms. The Morgan fingerprint density at radius 3 is 1.08 bits per heavy atom. The summed E-state index contributed by atoms with van der Waals surface area (Å²) in [5.41, 5.74) is 15.2. The molecule has 0 unspecified atom stereocenters. The van der Waals surface area contributed by atoms with Crippen molar-refractivity contribution in [3.8, 4) is 0 Å². The van der Waals surface area contributed by atoms with Crippen LogP contribution in [0.15, 0.2) is 36.4 Å². The van der Waals surface area contributed by atoms with E-state index in [0.717, 1.165) is 5.46 Å². The molecule has 0 atom stereocenters. The highest BCUT2D eigenvalue weighted by atomic mass is 16.7. The third kappa shape index (κ3) is 4.59. The zero-order chi connectivity index (χ0) is 26.7. The molecule has 4 rings (SSSR count). The fraction of sp³-hybridized carbons (Fsp3) is 0.438. The lowest BCUT2D eigenvalue weighted by Gasteiger charge is -2.32. The van der Waals surface area contributed by atoms with Gasteiger partial charge >= 0.3 is 7.12 Å². The van der Waals surface area contributed by atoms with Gasteiger partial charge in [0, 0.05) is 0 Å². The van der Waals surface area contributed by atoms with Gasteiger partial charge in [0.1, 0.15) is 0 Å². The first kappa shape index (κ1) is 26.8. The lowest BCUT2D eigenvalue weighted by Crippen LogP contribution is -2.58. The summed E-state index contributed by atoms with van der Waals surface area (Å²) >= 11 is 0. The van der Waals surface area contributed by atoms with Gasteiger partial charge in [-0.25, -0.2) is 0 Å². The maximum atomic E-state index is 6.41. The summed E-state index contributed by atoms with van der Waals surface area (Å²) in [6.07, 6.45) is 0. The Morgan fingerprint density at radius 2 is 0.778 bits per heavy atom. The van der Waals surface area contributed by atoms with Crippen LogP contribution in [0, 0.1) is 55.4 Å². The predicted octanol–water partition coefficient (Wildman–Crippen LogP) is 4.97. The highest BCUT2D eigenvalue weighted by Crippen LogP contribution is 2.36. The van der Waals surface area contributed by atoms with Crippen molar-refractivity contribution >= 4 is 35.7 Å². The van der Waals surface area contributed by atoms with Crippen LogP contribution in [0.25, 0.3) is 0 Å². The topological polar surface area (TPSA) is 18.5 Å². The summed E-state index contributed by atoms with van der Waals surface area (Å²) in [6.45, 7) is 26.6. The maximum absolute atomic E-state index is 6.41. The molecule has 0 aromatic heterocycles. The second kappa shape index (κ2) is 9.23. The van der Waals surface area contributed by atoms with Crippen molar-refractivity contribution < 1.29 is 9.31 Å². The average Bonchev–Trinajstić information content (AvgIpc) is 2.92. The van der Waals surface area contributed by atoms with Crippen LogP contribution < -0.4 is 21.9 Å². The summed E-state index contributed by atoms with van der Waals surface area (Å²) in [7, 11) is -0.356. The molecule has 1 aliphatic heterocycles. The molecule has 1 aliphatic rings. The molecule has 0 spiro atoms. The van der Waals surface area contributed by atoms with Gasteiger partial charge < -0.3 is 9.31 Å². The van der Waals surface area contributed by atoms with E-state index in [0.29, 0.717) is 0 Å². The quantitative estimate of drug-likeness (QED) is 0.492. The van der Waals surface area contributed by atoms with Crippen LogP contribution >= 0.6 is 0 Å². The molecule has 3 aromatic rings. The van der Waals surface area contributed by atoms with Gasteiger partial charge in [-0.3, -0.25) is 0 Å². The van der Waals surface area contributed by atoms with Crippen LogP contribution in [-0.2, 0) is 9.31 Å². The van der Waals surface area contributed by atoms with Gasteiger partial charge in [0.25, 0.3) is 0 Å². The normalized spacial score (nSPS) is 16.5. The molecule has 0 radical (unpaired) electrons. The van der Waals surface area contributed by atoms with Crippen molar-refractivity contribution in [3.63, 3.8) is 0 Å². The molecule has 0 bridgehead atoms. The highest BCUT2D eigenvalue weighted by molar-refractivity contribution is 6.97. The van der Waals surface area contributed by atoms with E-state index in [9.17, 15) is 0 Å². The summed E-state index contributed by atoms with van der Waals surface area (Å²) in [4.78, 5) is 0. The van der Waals surface area contributed by atoms with Crippen molar-refractivity contribution in [2.24, 2.45) is 0 Å². The smallest absolute Gasteiger partial charge is 0.399 e. The summed E-state index contributed by atoms with van der Waals surface area (Å²) in [5, 5.41) is 0. The monoisotopic (exact) mass is 480 g/mol. The SMILES string of the molecule is Cc1cc(C)c(B(c2c(C)cc(C)cc2C)c2c(C)cc(B3OC(C)(C)C(C)(C)O3)cc2C)c(C)c1. The fourth-order valence-corrected chi connectivity index (χ4v) is 6.30. The number of hydrogen-bond donors (Lipinski definition) is 0. The van der Waals surface area contributed by atoms with E-state index in [1.165, 1.54) is 60.9 Å². The second-order valence-corrected chi connectivity index (χ2v) is 12.2. The second-order valence-electron chi connectivity index (χ2n) is 12.2. The van der Waals surface area contributed by atoms with Crippen molar-refractivity contribution in [3.05, 3.63) is 80.9 Å². The van der Waals surface area contributed by atoms with E-state index in [2.05, 4.69) is 119 Å². The van der Waals surface area contributed by atoms with E-state index in [-0.39, 0.29) is 25.0 Å². The average molecular weight is 480 g/mol. The van der Waals surface area contributed by atoms with Crippen molar-refractivity contribution in [1.82, 2.24) is 0 Å². The molecule has 1 heterocycles. The van der Waals surface area contributed by atoms with E-state index < -0.39 is 0 Å². The lowest BCUT2D eigenvalue weighted by atomic mass is 9.33. The predicted molar refractivity (Wildman–Crippen MR) is 158 cm³/mol. The van der Waals surface area contributed by atoms with E-state index >= 15 is 0 Å². The Kier molecular flexibility index (Phi) is 6.86. The van der Waals surface area contributed by atoms with Gasteiger partial charge in [-0.2, -0.15) is 0 Å². The van der Waals surface area contributed by atoms with Crippen LogP contribution in [-0.4, -0.2) is 25.0 Å². The molecule has 0 saturated carbocycles. The molecule has 0 amide bonds. The Balaban J connectivity index is 1.95. The minimum absolute atomic E-state index is 0.165. The molecular weight excluding hydrogens is 438 g/mol. The van der Waals surface area contributed by atoms with Gasteiger partial charge in [0.05, 0.1) is 11.2 Å². The molecule has 3 aromatic carbocycles. The van der Waals surface area contributed by atoms with E-state index in [4.69, 9.17) is 9.31 Å². The third-order valence-electron chi connectivity index (χ3n) is 8.48. The van der Waals surface area contributed by atoms with Crippen LogP contribution in [0.3, 0.4) is 0 Å². The minimum Gasteiger partial charge on any atom is -0.399 e.